The zero-order chi connectivity index (χ0) is 17.5. The van der Waals surface area contributed by atoms with Gasteiger partial charge in [-0.1, -0.05) is 45.0 Å². The molecule has 0 amide bonds. The van der Waals surface area contributed by atoms with Crippen molar-refractivity contribution >= 4 is 5.71 Å². The van der Waals surface area contributed by atoms with E-state index in [1.54, 1.807) is 0 Å². The molecule has 3 rings (SSSR count). The van der Waals surface area contributed by atoms with E-state index in [1.807, 2.05) is 0 Å². The van der Waals surface area contributed by atoms with Crippen LogP contribution in [0.1, 0.15) is 71.4 Å². The molecule has 4 atom stereocenters. The summed E-state index contributed by atoms with van der Waals surface area (Å²) in [4.78, 5) is 7.41. The summed E-state index contributed by atoms with van der Waals surface area (Å²) in [5.74, 6) is 0.605. The Hall–Kier alpha value is -1.19. The molecule has 2 heterocycles. The van der Waals surface area contributed by atoms with E-state index in [4.69, 9.17) is 4.99 Å². The van der Waals surface area contributed by atoms with Crippen LogP contribution in [0.4, 0.5) is 0 Å². The van der Waals surface area contributed by atoms with Crippen LogP contribution in [-0.2, 0) is 5.41 Å². The number of nitrogens with zero attached hydrogens (tertiary/aromatic N) is 2. The van der Waals surface area contributed by atoms with E-state index in [2.05, 4.69) is 76.0 Å². The maximum absolute atomic E-state index is 4.87. The highest BCUT2D eigenvalue weighted by Gasteiger charge is 2.37. The first-order chi connectivity index (χ1) is 11.3. The lowest BCUT2D eigenvalue weighted by molar-refractivity contribution is 0.144. The standard InChI is InChI=1S/C21H33N3/c1-14-13-15(2)23-20(22-14)24-12-11-19(16(24)3)17-7-9-18(10-8-17)21(4,5)6/h7-10,14,16,19-20,22H,11-13H2,1-6H3/t14?,16-,19+,20?/m1/s1. The first-order valence-electron chi connectivity index (χ1n) is 9.41. The summed E-state index contributed by atoms with van der Waals surface area (Å²) in [7, 11) is 0. The molecule has 1 fully saturated rings. The van der Waals surface area contributed by atoms with E-state index in [0.717, 1.165) is 13.0 Å². The van der Waals surface area contributed by atoms with Crippen LogP contribution in [0.2, 0.25) is 0 Å². The van der Waals surface area contributed by atoms with Crippen molar-refractivity contribution in [3.8, 4) is 0 Å². The Morgan fingerprint density at radius 2 is 1.79 bits per heavy atom. The maximum Gasteiger partial charge on any atom is 0.156 e. The Kier molecular flexibility index (Phi) is 4.85. The van der Waals surface area contributed by atoms with Crippen LogP contribution >= 0.6 is 0 Å². The lowest BCUT2D eigenvalue weighted by atomic mass is 9.84. The largest absolute Gasteiger partial charge is 0.280 e. The first kappa shape index (κ1) is 17.6. The van der Waals surface area contributed by atoms with Gasteiger partial charge in [0, 0.05) is 36.7 Å². The first-order valence-corrected chi connectivity index (χ1v) is 9.41. The topological polar surface area (TPSA) is 27.6 Å². The number of hydrogen-bond donors (Lipinski definition) is 1. The number of aliphatic imine (C=N–C) groups is 1. The van der Waals surface area contributed by atoms with Gasteiger partial charge in [0.05, 0.1) is 0 Å². The number of rotatable bonds is 2. The summed E-state index contributed by atoms with van der Waals surface area (Å²) >= 11 is 0. The summed E-state index contributed by atoms with van der Waals surface area (Å²) in [6.07, 6.45) is 2.44. The fourth-order valence-electron chi connectivity index (χ4n) is 4.21. The average molecular weight is 328 g/mol. The van der Waals surface area contributed by atoms with Crippen LogP contribution in [-0.4, -0.2) is 35.5 Å². The van der Waals surface area contributed by atoms with Crippen molar-refractivity contribution in [2.75, 3.05) is 6.54 Å². The third-order valence-electron chi connectivity index (χ3n) is 5.70. The van der Waals surface area contributed by atoms with Crippen molar-refractivity contribution in [3.63, 3.8) is 0 Å². The fraction of sp³-hybridized carbons (Fsp3) is 0.667. The molecule has 1 aromatic rings. The van der Waals surface area contributed by atoms with Crippen molar-refractivity contribution in [3.05, 3.63) is 35.4 Å². The lowest BCUT2D eigenvalue weighted by Crippen LogP contribution is -2.52. The Bertz CT molecular complexity index is 597. The van der Waals surface area contributed by atoms with Gasteiger partial charge in [-0.25, -0.2) is 0 Å². The smallest absolute Gasteiger partial charge is 0.156 e. The Labute approximate surface area is 147 Å². The van der Waals surface area contributed by atoms with Gasteiger partial charge >= 0.3 is 0 Å². The van der Waals surface area contributed by atoms with Gasteiger partial charge in [-0.15, -0.1) is 0 Å². The molecule has 2 unspecified atom stereocenters. The van der Waals surface area contributed by atoms with Crippen LogP contribution in [0.3, 0.4) is 0 Å². The molecule has 0 radical (unpaired) electrons. The molecular weight excluding hydrogens is 294 g/mol. The molecule has 0 bridgehead atoms. The second kappa shape index (κ2) is 6.61. The summed E-state index contributed by atoms with van der Waals surface area (Å²) < 4.78 is 0. The second-order valence-corrected chi connectivity index (χ2v) is 8.76. The number of likely N-dealkylation sites (tertiary alicyclic amines) is 1. The molecule has 0 aromatic heterocycles. The maximum atomic E-state index is 4.87. The van der Waals surface area contributed by atoms with Crippen LogP contribution in [0.25, 0.3) is 0 Å². The minimum Gasteiger partial charge on any atom is -0.280 e. The van der Waals surface area contributed by atoms with Gasteiger partial charge in [0.15, 0.2) is 6.29 Å². The minimum absolute atomic E-state index is 0.155. The molecule has 132 valence electrons. The summed E-state index contributed by atoms with van der Waals surface area (Å²) in [5, 5.41) is 3.66. The van der Waals surface area contributed by atoms with Crippen LogP contribution in [0.15, 0.2) is 29.3 Å². The van der Waals surface area contributed by atoms with Crippen molar-refractivity contribution < 1.29 is 0 Å². The molecule has 0 saturated carbocycles. The zero-order valence-corrected chi connectivity index (χ0v) is 16.1. The van der Waals surface area contributed by atoms with E-state index < -0.39 is 0 Å². The Morgan fingerprint density at radius 1 is 1.12 bits per heavy atom. The summed E-state index contributed by atoms with van der Waals surface area (Å²) in [6, 6.07) is 10.4. The van der Waals surface area contributed by atoms with Crippen molar-refractivity contribution in [1.82, 2.24) is 10.2 Å². The molecular formula is C21H33N3. The van der Waals surface area contributed by atoms with Crippen LogP contribution in [0.5, 0.6) is 0 Å². The lowest BCUT2D eigenvalue weighted by Gasteiger charge is -2.36. The van der Waals surface area contributed by atoms with Gasteiger partial charge in [0.2, 0.25) is 0 Å². The molecule has 1 N–H and O–H groups in total. The number of benzene rings is 1. The highest BCUT2D eigenvalue weighted by molar-refractivity contribution is 5.83. The molecule has 3 heteroatoms. The van der Waals surface area contributed by atoms with Gasteiger partial charge in [-0.3, -0.25) is 15.2 Å². The van der Waals surface area contributed by atoms with Gasteiger partial charge in [-0.2, -0.15) is 0 Å². The van der Waals surface area contributed by atoms with Gasteiger partial charge < -0.3 is 0 Å². The molecule has 0 aliphatic carbocycles. The van der Waals surface area contributed by atoms with E-state index in [0.29, 0.717) is 18.0 Å². The predicted octanol–water partition coefficient (Wildman–Crippen LogP) is 4.29. The van der Waals surface area contributed by atoms with Gasteiger partial charge in [0.1, 0.15) is 0 Å². The highest BCUT2D eigenvalue weighted by Crippen LogP contribution is 2.36. The molecule has 2 aliphatic rings. The average Bonchev–Trinajstić information content (AvgIpc) is 2.87. The predicted molar refractivity (Wildman–Crippen MR) is 103 cm³/mol. The third-order valence-corrected chi connectivity index (χ3v) is 5.70. The van der Waals surface area contributed by atoms with Gasteiger partial charge in [0.25, 0.3) is 0 Å². The summed E-state index contributed by atoms with van der Waals surface area (Å²) in [5.41, 5.74) is 4.39. The molecule has 0 spiro atoms. The van der Waals surface area contributed by atoms with E-state index in [1.165, 1.54) is 23.3 Å². The quantitative estimate of drug-likeness (QED) is 0.877. The minimum atomic E-state index is 0.155. The third kappa shape index (κ3) is 3.57. The van der Waals surface area contributed by atoms with Gasteiger partial charge in [-0.05, 0) is 43.7 Å². The molecule has 2 aliphatic heterocycles. The van der Waals surface area contributed by atoms with Crippen molar-refractivity contribution in [2.24, 2.45) is 4.99 Å². The van der Waals surface area contributed by atoms with Crippen LogP contribution < -0.4 is 5.32 Å². The van der Waals surface area contributed by atoms with E-state index in [9.17, 15) is 0 Å². The monoisotopic (exact) mass is 327 g/mol. The molecule has 3 nitrogen and oxygen atoms in total. The molecule has 24 heavy (non-hydrogen) atoms. The Balaban J connectivity index is 1.74. The highest BCUT2D eigenvalue weighted by atomic mass is 15.4. The Morgan fingerprint density at radius 3 is 2.38 bits per heavy atom. The molecule has 1 saturated heterocycles. The van der Waals surface area contributed by atoms with Crippen molar-refractivity contribution in [1.29, 1.82) is 0 Å². The van der Waals surface area contributed by atoms with E-state index >= 15 is 0 Å². The zero-order valence-electron chi connectivity index (χ0n) is 16.1. The van der Waals surface area contributed by atoms with Crippen LogP contribution in [0, 0.1) is 0 Å². The van der Waals surface area contributed by atoms with E-state index in [-0.39, 0.29) is 11.7 Å². The second-order valence-electron chi connectivity index (χ2n) is 8.76. The number of hydrogen-bond acceptors (Lipinski definition) is 3. The molecule has 1 aromatic carbocycles. The SMILES string of the molecule is CC1=NC(N2CC[C@H](c3ccc(C(C)(C)C)cc3)[C@H]2C)NC(C)C1. The fourth-order valence-corrected chi connectivity index (χ4v) is 4.21. The van der Waals surface area contributed by atoms with Crippen molar-refractivity contribution in [2.45, 2.75) is 84.1 Å². The number of nitrogens with one attached hydrogen (secondary N) is 1. The summed E-state index contributed by atoms with van der Waals surface area (Å²) in [6.45, 7) is 14.7. The normalized spacial score (nSPS) is 32.0.